The van der Waals surface area contributed by atoms with Crippen molar-refractivity contribution in [2.75, 3.05) is 26.7 Å². The summed E-state index contributed by atoms with van der Waals surface area (Å²) in [5.41, 5.74) is 1.81. The standard InChI is InChI=1S/C18H27N5O2/c1-13(24)23-10-5-14(6-11-23)17-15(19-7-8-20-17)12-21-18(25)16-4-3-9-22(16)2/h7-8,14,16H,3-6,9-12H2,1-2H3,(H,21,25)/t16-/m1/s1. The number of hydrogen-bond donors (Lipinski definition) is 1. The van der Waals surface area contributed by atoms with Crippen LogP contribution in [-0.2, 0) is 16.1 Å². The number of likely N-dealkylation sites (N-methyl/N-ethyl adjacent to an activating group) is 1. The molecule has 0 bridgehead atoms. The smallest absolute Gasteiger partial charge is 0.237 e. The van der Waals surface area contributed by atoms with E-state index in [1.807, 2.05) is 11.9 Å². The van der Waals surface area contributed by atoms with E-state index >= 15 is 0 Å². The second-order valence-electron chi connectivity index (χ2n) is 7.03. The quantitative estimate of drug-likeness (QED) is 0.878. The number of nitrogens with zero attached hydrogens (tertiary/aromatic N) is 4. The third kappa shape index (κ3) is 4.15. The highest BCUT2D eigenvalue weighted by Crippen LogP contribution is 2.28. The molecule has 0 unspecified atom stereocenters. The van der Waals surface area contributed by atoms with Gasteiger partial charge in [0.25, 0.3) is 0 Å². The van der Waals surface area contributed by atoms with E-state index in [0.717, 1.165) is 56.7 Å². The Morgan fingerprint density at radius 2 is 1.88 bits per heavy atom. The lowest BCUT2D eigenvalue weighted by Gasteiger charge is -2.31. The van der Waals surface area contributed by atoms with Crippen molar-refractivity contribution >= 4 is 11.8 Å². The highest BCUT2D eigenvalue weighted by molar-refractivity contribution is 5.81. The van der Waals surface area contributed by atoms with E-state index in [-0.39, 0.29) is 17.9 Å². The van der Waals surface area contributed by atoms with E-state index in [1.165, 1.54) is 0 Å². The lowest BCUT2D eigenvalue weighted by Crippen LogP contribution is -2.41. The molecule has 2 amide bonds. The molecule has 7 heteroatoms. The molecule has 0 spiro atoms. The average Bonchev–Trinajstić information content (AvgIpc) is 3.06. The number of aromatic nitrogens is 2. The molecule has 0 radical (unpaired) electrons. The zero-order valence-corrected chi connectivity index (χ0v) is 15.1. The Morgan fingerprint density at radius 1 is 1.16 bits per heavy atom. The van der Waals surface area contributed by atoms with Crippen molar-refractivity contribution in [3.63, 3.8) is 0 Å². The number of likely N-dealkylation sites (tertiary alicyclic amines) is 2. The van der Waals surface area contributed by atoms with Gasteiger partial charge in [0.15, 0.2) is 0 Å². The Kier molecular flexibility index (Phi) is 5.63. The fourth-order valence-electron chi connectivity index (χ4n) is 3.85. The van der Waals surface area contributed by atoms with E-state index in [2.05, 4.69) is 20.2 Å². The van der Waals surface area contributed by atoms with Crippen LogP contribution in [0.1, 0.15) is 49.9 Å². The number of rotatable bonds is 4. The van der Waals surface area contributed by atoms with Crippen molar-refractivity contribution < 1.29 is 9.59 Å². The van der Waals surface area contributed by atoms with E-state index in [4.69, 9.17) is 0 Å². The largest absolute Gasteiger partial charge is 0.349 e. The van der Waals surface area contributed by atoms with Crippen molar-refractivity contribution in [3.05, 3.63) is 23.8 Å². The predicted molar refractivity (Wildman–Crippen MR) is 93.8 cm³/mol. The first kappa shape index (κ1) is 17.8. The summed E-state index contributed by atoms with van der Waals surface area (Å²) < 4.78 is 0. The number of nitrogens with one attached hydrogen (secondary N) is 1. The Morgan fingerprint density at radius 3 is 2.52 bits per heavy atom. The van der Waals surface area contributed by atoms with E-state index < -0.39 is 0 Å². The van der Waals surface area contributed by atoms with Crippen LogP contribution in [0.5, 0.6) is 0 Å². The number of piperidine rings is 1. The molecule has 136 valence electrons. The zero-order valence-electron chi connectivity index (χ0n) is 15.1. The Balaban J connectivity index is 1.61. The molecule has 0 aliphatic carbocycles. The minimum atomic E-state index is -0.0288. The van der Waals surface area contributed by atoms with Crippen molar-refractivity contribution in [1.82, 2.24) is 25.1 Å². The fourth-order valence-corrected chi connectivity index (χ4v) is 3.85. The van der Waals surface area contributed by atoms with Gasteiger partial charge in [0.05, 0.1) is 24.0 Å². The molecule has 1 N–H and O–H groups in total. The van der Waals surface area contributed by atoms with Gasteiger partial charge in [0.1, 0.15) is 0 Å². The molecule has 25 heavy (non-hydrogen) atoms. The van der Waals surface area contributed by atoms with Crippen LogP contribution < -0.4 is 5.32 Å². The van der Waals surface area contributed by atoms with Crippen LogP contribution in [0.2, 0.25) is 0 Å². The monoisotopic (exact) mass is 345 g/mol. The lowest BCUT2D eigenvalue weighted by atomic mass is 9.92. The summed E-state index contributed by atoms with van der Waals surface area (Å²) >= 11 is 0. The summed E-state index contributed by atoms with van der Waals surface area (Å²) in [4.78, 5) is 36.8. The molecule has 2 aliphatic heterocycles. The topological polar surface area (TPSA) is 78.4 Å². The summed E-state index contributed by atoms with van der Waals surface area (Å²) in [7, 11) is 1.99. The van der Waals surface area contributed by atoms with Crippen LogP contribution in [0.3, 0.4) is 0 Å². The van der Waals surface area contributed by atoms with E-state index in [1.54, 1.807) is 19.3 Å². The molecule has 0 aromatic carbocycles. The first-order chi connectivity index (χ1) is 12.1. The summed E-state index contributed by atoms with van der Waals surface area (Å²) in [5, 5.41) is 3.03. The summed E-state index contributed by atoms with van der Waals surface area (Å²) in [6.07, 6.45) is 7.16. The zero-order chi connectivity index (χ0) is 17.8. The Labute approximate surface area is 148 Å². The first-order valence-electron chi connectivity index (χ1n) is 9.09. The molecule has 3 heterocycles. The molecule has 7 nitrogen and oxygen atoms in total. The maximum atomic E-state index is 12.4. The third-order valence-electron chi connectivity index (χ3n) is 5.39. The van der Waals surface area contributed by atoms with Crippen LogP contribution in [-0.4, -0.2) is 64.3 Å². The molecule has 1 aromatic rings. The average molecular weight is 345 g/mol. The van der Waals surface area contributed by atoms with E-state index in [9.17, 15) is 9.59 Å². The number of hydrogen-bond acceptors (Lipinski definition) is 5. The Hall–Kier alpha value is -2.02. The van der Waals surface area contributed by atoms with Gasteiger partial charge in [-0.1, -0.05) is 0 Å². The van der Waals surface area contributed by atoms with Gasteiger partial charge in [-0.05, 0) is 39.3 Å². The minimum absolute atomic E-state index is 0.0288. The molecule has 1 atom stereocenters. The number of carbonyl (C=O) groups is 2. The maximum Gasteiger partial charge on any atom is 0.237 e. The normalized spacial score (nSPS) is 22.2. The predicted octanol–water partition coefficient (Wildman–Crippen LogP) is 0.913. The van der Waals surface area contributed by atoms with Crippen LogP contribution in [0.4, 0.5) is 0 Å². The highest BCUT2D eigenvalue weighted by Gasteiger charge is 2.28. The van der Waals surface area contributed by atoms with Crippen LogP contribution in [0, 0.1) is 0 Å². The maximum absolute atomic E-state index is 12.4. The van der Waals surface area contributed by atoms with Gasteiger partial charge in [-0.15, -0.1) is 0 Å². The van der Waals surface area contributed by atoms with Gasteiger partial charge >= 0.3 is 0 Å². The van der Waals surface area contributed by atoms with Gasteiger partial charge in [0, 0.05) is 38.3 Å². The van der Waals surface area contributed by atoms with Crippen molar-refractivity contribution in [2.45, 2.75) is 51.1 Å². The molecule has 2 aliphatic rings. The molecule has 0 saturated carbocycles. The number of amides is 2. The van der Waals surface area contributed by atoms with Gasteiger partial charge in [-0.2, -0.15) is 0 Å². The van der Waals surface area contributed by atoms with Crippen LogP contribution >= 0.6 is 0 Å². The molecule has 1 aromatic heterocycles. The minimum Gasteiger partial charge on any atom is -0.349 e. The van der Waals surface area contributed by atoms with Crippen molar-refractivity contribution in [1.29, 1.82) is 0 Å². The fraction of sp³-hybridized carbons (Fsp3) is 0.667. The molecule has 2 fully saturated rings. The van der Waals surface area contributed by atoms with Crippen LogP contribution in [0.15, 0.2) is 12.4 Å². The molecular weight excluding hydrogens is 318 g/mol. The molecule has 3 rings (SSSR count). The second kappa shape index (κ2) is 7.91. The summed E-state index contributed by atoms with van der Waals surface area (Å²) in [6, 6.07) is -0.0288. The molecular formula is C18H27N5O2. The van der Waals surface area contributed by atoms with Crippen molar-refractivity contribution in [2.24, 2.45) is 0 Å². The highest BCUT2D eigenvalue weighted by atomic mass is 16.2. The molecule has 2 saturated heterocycles. The van der Waals surface area contributed by atoms with E-state index in [0.29, 0.717) is 12.5 Å². The third-order valence-corrected chi connectivity index (χ3v) is 5.39. The first-order valence-corrected chi connectivity index (χ1v) is 9.09. The van der Waals surface area contributed by atoms with Gasteiger partial charge < -0.3 is 10.2 Å². The van der Waals surface area contributed by atoms with Gasteiger partial charge in [0.2, 0.25) is 11.8 Å². The number of carbonyl (C=O) groups excluding carboxylic acids is 2. The lowest BCUT2D eigenvalue weighted by molar-refractivity contribution is -0.130. The summed E-state index contributed by atoms with van der Waals surface area (Å²) in [5.74, 6) is 0.499. The van der Waals surface area contributed by atoms with Gasteiger partial charge in [-0.25, -0.2) is 0 Å². The SMILES string of the molecule is CC(=O)N1CCC(c2nccnc2CNC(=O)[C@H]2CCCN2C)CC1. The van der Waals surface area contributed by atoms with Crippen LogP contribution in [0.25, 0.3) is 0 Å². The summed E-state index contributed by atoms with van der Waals surface area (Å²) in [6.45, 7) is 4.52. The van der Waals surface area contributed by atoms with Gasteiger partial charge in [-0.3, -0.25) is 24.5 Å². The second-order valence-corrected chi connectivity index (χ2v) is 7.03. The van der Waals surface area contributed by atoms with Crippen molar-refractivity contribution in [3.8, 4) is 0 Å². The Bertz CT molecular complexity index is 628.